The van der Waals surface area contributed by atoms with E-state index in [4.69, 9.17) is 0 Å². The van der Waals surface area contributed by atoms with Crippen LogP contribution in [0, 0.1) is 6.92 Å². The van der Waals surface area contributed by atoms with Gasteiger partial charge in [-0.1, -0.05) is 90.2 Å². The van der Waals surface area contributed by atoms with Crippen molar-refractivity contribution in [3.8, 4) is 0 Å². The zero-order chi connectivity index (χ0) is 13.3. The zero-order valence-corrected chi connectivity index (χ0v) is 12.8. The molecule has 0 aliphatic carbocycles. The molecule has 0 atom stereocenters. The van der Waals surface area contributed by atoms with Crippen molar-refractivity contribution in [2.24, 2.45) is 0 Å². The fraction of sp³-hybridized carbons (Fsp3) is 0.833. The van der Waals surface area contributed by atoms with Crippen LogP contribution in [0.4, 0.5) is 0 Å². The molecule has 107 valence electrons. The summed E-state index contributed by atoms with van der Waals surface area (Å²) < 4.78 is 0. The first-order valence-corrected chi connectivity index (χ1v) is 8.36. The molecule has 0 aromatic heterocycles. The van der Waals surface area contributed by atoms with Gasteiger partial charge in [-0.05, 0) is 25.7 Å². The van der Waals surface area contributed by atoms with Crippen LogP contribution in [-0.4, -0.2) is 0 Å². The van der Waals surface area contributed by atoms with E-state index in [0.717, 1.165) is 6.42 Å². The molecule has 0 saturated carbocycles. The first-order valence-electron chi connectivity index (χ1n) is 8.36. The van der Waals surface area contributed by atoms with Crippen molar-refractivity contribution in [2.45, 2.75) is 96.8 Å². The summed E-state index contributed by atoms with van der Waals surface area (Å²) in [4.78, 5) is 0. The third-order valence-electron chi connectivity index (χ3n) is 3.51. The van der Waals surface area contributed by atoms with E-state index in [2.05, 4.69) is 26.0 Å². The first-order chi connectivity index (χ1) is 8.91. The molecule has 0 aliphatic heterocycles. The summed E-state index contributed by atoms with van der Waals surface area (Å²) in [6.07, 6.45) is 23.8. The zero-order valence-electron chi connectivity index (χ0n) is 12.8. The highest BCUT2D eigenvalue weighted by Gasteiger charge is 1.89. The summed E-state index contributed by atoms with van der Waals surface area (Å²) in [5, 5.41) is 0. The van der Waals surface area contributed by atoms with Gasteiger partial charge < -0.3 is 0 Å². The maximum absolute atomic E-state index is 3.87. The standard InChI is InChI=1S/C18H35/c1-3-5-7-9-11-13-15-17-18-16-14-12-10-8-6-4-2/h15,17H,1,3-14,16,18H2,2H3/b17-15-. The molecule has 18 heavy (non-hydrogen) atoms. The Balaban J connectivity index is 3.00. The van der Waals surface area contributed by atoms with E-state index < -0.39 is 0 Å². The van der Waals surface area contributed by atoms with Gasteiger partial charge in [0, 0.05) is 0 Å². The fourth-order valence-corrected chi connectivity index (χ4v) is 2.25. The molecule has 0 heteroatoms. The van der Waals surface area contributed by atoms with Crippen molar-refractivity contribution in [2.75, 3.05) is 0 Å². The van der Waals surface area contributed by atoms with Gasteiger partial charge in [0.15, 0.2) is 0 Å². The van der Waals surface area contributed by atoms with Gasteiger partial charge in [-0.25, -0.2) is 0 Å². The lowest BCUT2D eigenvalue weighted by Gasteiger charge is -1.99. The van der Waals surface area contributed by atoms with Crippen molar-refractivity contribution in [1.82, 2.24) is 0 Å². The van der Waals surface area contributed by atoms with E-state index in [1.54, 1.807) is 0 Å². The van der Waals surface area contributed by atoms with Gasteiger partial charge in [-0.2, -0.15) is 0 Å². The van der Waals surface area contributed by atoms with Crippen molar-refractivity contribution in [3.05, 3.63) is 19.1 Å². The lowest BCUT2D eigenvalue weighted by atomic mass is 10.1. The molecule has 0 spiro atoms. The average Bonchev–Trinajstić information content (AvgIpc) is 2.39. The molecular weight excluding hydrogens is 216 g/mol. The van der Waals surface area contributed by atoms with Crippen LogP contribution in [0.2, 0.25) is 0 Å². The third kappa shape index (κ3) is 15.7. The van der Waals surface area contributed by atoms with Crippen LogP contribution < -0.4 is 0 Å². The monoisotopic (exact) mass is 251 g/mol. The van der Waals surface area contributed by atoms with Crippen LogP contribution in [0.5, 0.6) is 0 Å². The van der Waals surface area contributed by atoms with E-state index >= 15 is 0 Å². The van der Waals surface area contributed by atoms with Crippen LogP contribution in [-0.2, 0) is 0 Å². The lowest BCUT2D eigenvalue weighted by molar-refractivity contribution is 0.591. The van der Waals surface area contributed by atoms with Gasteiger partial charge in [0.1, 0.15) is 0 Å². The molecule has 0 amide bonds. The van der Waals surface area contributed by atoms with Crippen molar-refractivity contribution in [1.29, 1.82) is 0 Å². The van der Waals surface area contributed by atoms with E-state index in [1.165, 1.54) is 83.5 Å². The molecule has 0 unspecified atom stereocenters. The van der Waals surface area contributed by atoms with Gasteiger partial charge in [0.25, 0.3) is 0 Å². The first kappa shape index (κ1) is 17.7. The van der Waals surface area contributed by atoms with Gasteiger partial charge in [-0.3, -0.25) is 0 Å². The van der Waals surface area contributed by atoms with Gasteiger partial charge in [0.2, 0.25) is 0 Å². The second-order valence-electron chi connectivity index (χ2n) is 5.44. The van der Waals surface area contributed by atoms with Crippen LogP contribution in [0.15, 0.2) is 12.2 Å². The molecule has 0 saturated heterocycles. The molecule has 0 N–H and O–H groups in total. The minimum atomic E-state index is 1.11. The summed E-state index contributed by atoms with van der Waals surface area (Å²) in [6.45, 7) is 6.15. The van der Waals surface area contributed by atoms with Gasteiger partial charge in [-0.15, -0.1) is 0 Å². The smallest absolute Gasteiger partial charge is 0.0351 e. The lowest BCUT2D eigenvalue weighted by Crippen LogP contribution is -1.79. The minimum absolute atomic E-state index is 1.11. The van der Waals surface area contributed by atoms with E-state index in [9.17, 15) is 0 Å². The summed E-state index contributed by atoms with van der Waals surface area (Å²) in [7, 11) is 0. The Kier molecular flexibility index (Phi) is 16.5. The van der Waals surface area contributed by atoms with Crippen LogP contribution in [0.3, 0.4) is 0 Å². The molecular formula is C18H35. The molecule has 0 fully saturated rings. The Morgan fingerprint density at radius 3 is 1.56 bits per heavy atom. The van der Waals surface area contributed by atoms with Crippen LogP contribution in [0.25, 0.3) is 0 Å². The largest absolute Gasteiger partial charge is 0.0885 e. The summed E-state index contributed by atoms with van der Waals surface area (Å²) >= 11 is 0. The van der Waals surface area contributed by atoms with E-state index in [-0.39, 0.29) is 0 Å². The Bertz CT molecular complexity index is 157. The van der Waals surface area contributed by atoms with Gasteiger partial charge >= 0.3 is 0 Å². The Morgan fingerprint density at radius 1 is 0.611 bits per heavy atom. The van der Waals surface area contributed by atoms with E-state index in [1.807, 2.05) is 0 Å². The number of allylic oxidation sites excluding steroid dienone is 2. The summed E-state index contributed by atoms with van der Waals surface area (Å²) in [5.41, 5.74) is 0. The predicted molar refractivity (Wildman–Crippen MR) is 84.8 cm³/mol. The third-order valence-corrected chi connectivity index (χ3v) is 3.51. The normalized spacial score (nSPS) is 11.4. The topological polar surface area (TPSA) is 0 Å². The fourth-order valence-electron chi connectivity index (χ4n) is 2.25. The summed E-state index contributed by atoms with van der Waals surface area (Å²) in [5.74, 6) is 0. The Hall–Kier alpha value is -0.260. The Labute approximate surface area is 116 Å². The molecule has 0 bridgehead atoms. The maximum Gasteiger partial charge on any atom is -0.0351 e. The highest BCUT2D eigenvalue weighted by atomic mass is 14.0. The molecule has 1 radical (unpaired) electrons. The molecule has 0 aromatic rings. The van der Waals surface area contributed by atoms with Gasteiger partial charge in [0.05, 0.1) is 0 Å². The van der Waals surface area contributed by atoms with E-state index in [0.29, 0.717) is 0 Å². The SMILES string of the molecule is [CH2]CCCCCC/C=C\CCCCCCCCC. The quantitative estimate of drug-likeness (QED) is 0.234. The number of rotatable bonds is 14. The molecule has 0 aliphatic rings. The minimum Gasteiger partial charge on any atom is -0.0885 e. The van der Waals surface area contributed by atoms with Crippen molar-refractivity contribution < 1.29 is 0 Å². The second kappa shape index (κ2) is 16.7. The number of hydrogen-bond acceptors (Lipinski definition) is 0. The molecule has 0 heterocycles. The predicted octanol–water partition coefficient (Wildman–Crippen LogP) is 6.86. The van der Waals surface area contributed by atoms with Crippen LogP contribution in [0.1, 0.15) is 96.8 Å². The van der Waals surface area contributed by atoms with Crippen molar-refractivity contribution in [3.63, 3.8) is 0 Å². The highest BCUT2D eigenvalue weighted by molar-refractivity contribution is 4.81. The van der Waals surface area contributed by atoms with Crippen LogP contribution >= 0.6 is 0 Å². The molecule has 0 nitrogen and oxygen atoms in total. The molecule has 0 rings (SSSR count). The summed E-state index contributed by atoms with van der Waals surface area (Å²) in [6, 6.07) is 0. The highest BCUT2D eigenvalue weighted by Crippen LogP contribution is 2.09. The average molecular weight is 251 g/mol. The Morgan fingerprint density at radius 2 is 1.06 bits per heavy atom. The maximum atomic E-state index is 3.87. The second-order valence-corrected chi connectivity index (χ2v) is 5.44. The molecule has 0 aromatic carbocycles. The number of hydrogen-bond donors (Lipinski definition) is 0. The van der Waals surface area contributed by atoms with Crippen molar-refractivity contribution >= 4 is 0 Å². The number of unbranched alkanes of at least 4 members (excludes halogenated alkanes) is 12.